The third-order valence-electron chi connectivity index (χ3n) is 3.79. The molecular formula is C17H22N4O3. The molecular weight excluding hydrogens is 308 g/mol. The van der Waals surface area contributed by atoms with Crippen LogP contribution in [0.1, 0.15) is 12.5 Å². The highest BCUT2D eigenvalue weighted by Gasteiger charge is 2.15. The van der Waals surface area contributed by atoms with Gasteiger partial charge in [0.05, 0.1) is 6.33 Å². The molecule has 1 aliphatic heterocycles. The molecule has 2 aromatic rings. The molecule has 7 nitrogen and oxygen atoms in total. The van der Waals surface area contributed by atoms with E-state index in [4.69, 9.17) is 9.47 Å². The summed E-state index contributed by atoms with van der Waals surface area (Å²) < 4.78 is 13.0. The average molecular weight is 330 g/mol. The average Bonchev–Trinajstić information content (AvgIpc) is 3.07. The van der Waals surface area contributed by atoms with Crippen molar-refractivity contribution in [3.05, 3.63) is 42.5 Å². The molecule has 0 spiro atoms. The van der Waals surface area contributed by atoms with Crippen LogP contribution in [0.15, 0.2) is 36.9 Å². The van der Waals surface area contributed by atoms with Crippen LogP contribution in [0.5, 0.6) is 11.5 Å². The summed E-state index contributed by atoms with van der Waals surface area (Å²) in [5.41, 5.74) is 0.999. The van der Waals surface area contributed by atoms with Crippen LogP contribution in [0.25, 0.3) is 0 Å². The topological polar surface area (TPSA) is 68.6 Å². The number of rotatable bonds is 5. The van der Waals surface area contributed by atoms with Gasteiger partial charge in [0.2, 0.25) is 0 Å². The number of nitrogens with one attached hydrogen (secondary N) is 1. The summed E-state index contributed by atoms with van der Waals surface area (Å²) in [7, 11) is 1.77. The smallest absolute Gasteiger partial charge is 0.317 e. The number of carbonyl (C=O) groups excluding carboxylic acids is 1. The van der Waals surface area contributed by atoms with E-state index < -0.39 is 0 Å². The molecule has 3 rings (SSSR count). The maximum Gasteiger partial charge on any atom is 0.317 e. The predicted octanol–water partition coefficient (Wildman–Crippen LogP) is 1.88. The van der Waals surface area contributed by atoms with Crippen LogP contribution in [0.3, 0.4) is 0 Å². The van der Waals surface area contributed by atoms with Gasteiger partial charge in [0.15, 0.2) is 11.5 Å². The number of amides is 2. The summed E-state index contributed by atoms with van der Waals surface area (Å²) in [5.74, 6) is 1.49. The molecule has 2 heterocycles. The van der Waals surface area contributed by atoms with Crippen molar-refractivity contribution in [2.24, 2.45) is 0 Å². The third-order valence-corrected chi connectivity index (χ3v) is 3.79. The summed E-state index contributed by atoms with van der Waals surface area (Å²) in [6.45, 7) is 4.28. The summed E-state index contributed by atoms with van der Waals surface area (Å²) in [5, 5.41) is 2.98. The summed E-state index contributed by atoms with van der Waals surface area (Å²) in [6.07, 6.45) is 5.34. The van der Waals surface area contributed by atoms with Crippen LogP contribution in [0.4, 0.5) is 4.79 Å². The van der Waals surface area contributed by atoms with Crippen LogP contribution in [-0.2, 0) is 13.1 Å². The third kappa shape index (κ3) is 3.98. The molecule has 0 saturated heterocycles. The van der Waals surface area contributed by atoms with Crippen molar-refractivity contribution in [2.45, 2.75) is 26.1 Å². The summed E-state index contributed by atoms with van der Waals surface area (Å²) >= 11 is 0. The Hall–Kier alpha value is -2.70. The van der Waals surface area contributed by atoms with Gasteiger partial charge in [-0.05, 0) is 24.6 Å². The quantitative estimate of drug-likeness (QED) is 0.909. The highest BCUT2D eigenvalue weighted by molar-refractivity contribution is 5.74. The zero-order chi connectivity index (χ0) is 16.9. The summed E-state index contributed by atoms with van der Waals surface area (Å²) in [4.78, 5) is 18.0. The van der Waals surface area contributed by atoms with Gasteiger partial charge in [-0.3, -0.25) is 0 Å². The van der Waals surface area contributed by atoms with Gasteiger partial charge in [-0.1, -0.05) is 6.07 Å². The fraction of sp³-hybridized carbons (Fsp3) is 0.412. The molecule has 1 aromatic heterocycles. The van der Waals surface area contributed by atoms with Gasteiger partial charge in [-0.2, -0.15) is 0 Å². The van der Waals surface area contributed by atoms with Crippen molar-refractivity contribution in [3.63, 3.8) is 0 Å². The van der Waals surface area contributed by atoms with Gasteiger partial charge in [0.25, 0.3) is 0 Å². The number of urea groups is 1. The first-order valence-corrected chi connectivity index (χ1v) is 7.97. The molecule has 1 N–H and O–H groups in total. The van der Waals surface area contributed by atoms with Crippen molar-refractivity contribution in [3.8, 4) is 11.5 Å². The molecule has 0 fully saturated rings. The lowest BCUT2D eigenvalue weighted by atomic mass is 10.2. The monoisotopic (exact) mass is 330 g/mol. The predicted molar refractivity (Wildman–Crippen MR) is 89.1 cm³/mol. The molecule has 2 amide bonds. The minimum absolute atomic E-state index is 0.00872. The minimum atomic E-state index is -0.113. The number of nitrogens with zero attached hydrogens (tertiary/aromatic N) is 3. The first-order chi connectivity index (χ1) is 11.6. The summed E-state index contributed by atoms with van der Waals surface area (Å²) in [6, 6.07) is 5.66. The molecule has 1 atom stereocenters. The van der Waals surface area contributed by atoms with Gasteiger partial charge < -0.3 is 24.3 Å². The Bertz CT molecular complexity index is 687. The van der Waals surface area contributed by atoms with E-state index in [0.717, 1.165) is 17.1 Å². The fourth-order valence-electron chi connectivity index (χ4n) is 2.61. The number of ether oxygens (including phenoxy) is 2. The Morgan fingerprint density at radius 1 is 1.38 bits per heavy atom. The Balaban J connectivity index is 1.54. The number of carbonyl (C=O) groups is 1. The largest absolute Gasteiger partial charge is 0.486 e. The molecule has 128 valence electrons. The van der Waals surface area contributed by atoms with Crippen LogP contribution in [0.2, 0.25) is 0 Å². The molecule has 1 aromatic carbocycles. The van der Waals surface area contributed by atoms with Gasteiger partial charge in [0, 0.05) is 38.6 Å². The fourth-order valence-corrected chi connectivity index (χ4v) is 2.61. The number of imidazole rings is 1. The second-order valence-electron chi connectivity index (χ2n) is 5.94. The molecule has 0 bridgehead atoms. The van der Waals surface area contributed by atoms with Gasteiger partial charge in [0.1, 0.15) is 13.2 Å². The van der Waals surface area contributed by atoms with E-state index in [1.807, 2.05) is 35.9 Å². The lowest BCUT2D eigenvalue weighted by molar-refractivity contribution is 0.171. The van der Waals surface area contributed by atoms with E-state index in [1.165, 1.54) is 0 Å². The molecule has 24 heavy (non-hydrogen) atoms. The highest BCUT2D eigenvalue weighted by atomic mass is 16.6. The van der Waals surface area contributed by atoms with Crippen molar-refractivity contribution in [2.75, 3.05) is 20.3 Å². The number of fused-ring (bicyclic) bond motifs is 1. The zero-order valence-corrected chi connectivity index (χ0v) is 13.9. The van der Waals surface area contributed by atoms with Crippen molar-refractivity contribution in [1.29, 1.82) is 0 Å². The Morgan fingerprint density at radius 3 is 2.92 bits per heavy atom. The van der Waals surface area contributed by atoms with Crippen LogP contribution >= 0.6 is 0 Å². The number of hydrogen-bond acceptors (Lipinski definition) is 4. The van der Waals surface area contributed by atoms with Gasteiger partial charge >= 0.3 is 6.03 Å². The van der Waals surface area contributed by atoms with Crippen LogP contribution in [-0.4, -0.2) is 46.8 Å². The van der Waals surface area contributed by atoms with E-state index in [-0.39, 0.29) is 12.1 Å². The van der Waals surface area contributed by atoms with Gasteiger partial charge in [-0.25, -0.2) is 9.78 Å². The standard InChI is InChI=1S/C17H22N4O3/c1-13(10-21-6-5-18-12-21)19-17(22)20(2)11-14-3-4-15-16(9-14)24-8-7-23-15/h3-6,9,12-13H,7-8,10-11H2,1-2H3,(H,19,22)/t13-/m1/s1. The van der Waals surface area contributed by atoms with Crippen molar-refractivity contribution >= 4 is 6.03 Å². The van der Waals surface area contributed by atoms with E-state index in [1.54, 1.807) is 24.5 Å². The van der Waals surface area contributed by atoms with E-state index in [0.29, 0.717) is 26.3 Å². The van der Waals surface area contributed by atoms with Crippen LogP contribution < -0.4 is 14.8 Å². The van der Waals surface area contributed by atoms with Crippen LogP contribution in [0, 0.1) is 0 Å². The number of aromatic nitrogens is 2. The second-order valence-corrected chi connectivity index (χ2v) is 5.94. The lowest BCUT2D eigenvalue weighted by Crippen LogP contribution is -2.43. The van der Waals surface area contributed by atoms with Gasteiger partial charge in [-0.15, -0.1) is 0 Å². The number of benzene rings is 1. The number of hydrogen-bond donors (Lipinski definition) is 1. The van der Waals surface area contributed by atoms with E-state index in [9.17, 15) is 4.79 Å². The molecule has 0 aliphatic carbocycles. The molecule has 0 unspecified atom stereocenters. The second kappa shape index (κ2) is 7.25. The van der Waals surface area contributed by atoms with Crippen molar-refractivity contribution in [1.82, 2.24) is 19.8 Å². The lowest BCUT2D eigenvalue weighted by Gasteiger charge is -2.23. The minimum Gasteiger partial charge on any atom is -0.486 e. The molecule has 0 saturated carbocycles. The Labute approximate surface area is 141 Å². The zero-order valence-electron chi connectivity index (χ0n) is 13.9. The molecule has 7 heteroatoms. The molecule has 1 aliphatic rings. The van der Waals surface area contributed by atoms with Crippen molar-refractivity contribution < 1.29 is 14.3 Å². The maximum absolute atomic E-state index is 12.3. The Kier molecular flexibility index (Phi) is 4.88. The van der Waals surface area contributed by atoms with E-state index in [2.05, 4.69) is 10.3 Å². The molecule has 0 radical (unpaired) electrons. The maximum atomic E-state index is 12.3. The first-order valence-electron chi connectivity index (χ1n) is 7.97. The SMILES string of the molecule is C[C@H](Cn1ccnc1)NC(=O)N(C)Cc1ccc2c(c1)OCCO2. The Morgan fingerprint density at radius 2 is 2.17 bits per heavy atom. The highest BCUT2D eigenvalue weighted by Crippen LogP contribution is 2.30. The first kappa shape index (κ1) is 16.2. The van der Waals surface area contributed by atoms with E-state index >= 15 is 0 Å². The normalized spacial score (nSPS) is 14.1.